The van der Waals surface area contributed by atoms with Gasteiger partial charge in [-0.15, -0.1) is 0 Å². The number of hydrogen-bond donors (Lipinski definition) is 1. The third kappa shape index (κ3) is 6.02. The molecule has 1 N–H and O–H groups in total. The average Bonchev–Trinajstić information content (AvgIpc) is 2.93. The van der Waals surface area contributed by atoms with Crippen LogP contribution in [0.15, 0.2) is 30.3 Å². The highest BCUT2D eigenvalue weighted by atomic mass is 16.5. The minimum Gasteiger partial charge on any atom is -0.493 e. The summed E-state index contributed by atoms with van der Waals surface area (Å²) < 4.78 is 11.5. The lowest BCUT2D eigenvalue weighted by Gasteiger charge is -2.41. The maximum absolute atomic E-state index is 13.2. The number of amides is 1. The molecule has 6 heteroatoms. The average molecular weight is 468 g/mol. The highest BCUT2D eigenvalue weighted by Gasteiger charge is 2.31. The second kappa shape index (κ2) is 11.7. The molecule has 186 valence electrons. The van der Waals surface area contributed by atoms with E-state index in [0.717, 1.165) is 96.9 Å². The molecule has 1 atom stereocenters. The lowest BCUT2D eigenvalue weighted by molar-refractivity contribution is -0.137. The fourth-order valence-corrected chi connectivity index (χ4v) is 6.00. The monoisotopic (exact) mass is 467 g/mol. The van der Waals surface area contributed by atoms with Crippen molar-refractivity contribution in [2.75, 3.05) is 59.1 Å². The van der Waals surface area contributed by atoms with Gasteiger partial charge in [0.25, 0.3) is 0 Å². The van der Waals surface area contributed by atoms with E-state index in [-0.39, 0.29) is 5.92 Å². The Hall–Kier alpha value is -1.89. The van der Waals surface area contributed by atoms with Gasteiger partial charge < -0.3 is 19.7 Å². The fourth-order valence-electron chi connectivity index (χ4n) is 6.00. The van der Waals surface area contributed by atoms with E-state index in [0.29, 0.717) is 17.9 Å². The molecule has 1 unspecified atom stereocenters. The maximum Gasteiger partial charge on any atom is 0.226 e. The van der Waals surface area contributed by atoms with Gasteiger partial charge in [0.05, 0.1) is 19.8 Å². The first kappa shape index (κ1) is 23.8. The smallest absolute Gasteiger partial charge is 0.226 e. The second-order valence-corrected chi connectivity index (χ2v) is 10.4. The first-order chi connectivity index (χ1) is 16.8. The second-order valence-electron chi connectivity index (χ2n) is 10.4. The summed E-state index contributed by atoms with van der Waals surface area (Å²) in [6.45, 7) is 8.64. The summed E-state index contributed by atoms with van der Waals surface area (Å²) in [5, 5.41) is 3.41. The van der Waals surface area contributed by atoms with E-state index in [1.165, 1.54) is 24.0 Å². The van der Waals surface area contributed by atoms with Gasteiger partial charge in [-0.25, -0.2) is 0 Å². The van der Waals surface area contributed by atoms with Crippen molar-refractivity contribution in [2.45, 2.75) is 51.0 Å². The van der Waals surface area contributed by atoms with Crippen molar-refractivity contribution >= 4 is 11.5 Å². The SMILES string of the molecule is O=C(C1CC=C(c2ccc(OCC3CCNCC3)cc2)CC1)N1CCC(N2CCOCC2)CC1. The summed E-state index contributed by atoms with van der Waals surface area (Å²) in [5.41, 5.74) is 2.64. The molecule has 0 aromatic heterocycles. The number of likely N-dealkylation sites (tertiary alicyclic amines) is 1. The van der Waals surface area contributed by atoms with Crippen LogP contribution in [0.3, 0.4) is 0 Å². The molecule has 1 aromatic carbocycles. The summed E-state index contributed by atoms with van der Waals surface area (Å²) in [5.74, 6) is 2.16. The van der Waals surface area contributed by atoms with Crippen LogP contribution in [0.1, 0.15) is 50.5 Å². The first-order valence-electron chi connectivity index (χ1n) is 13.5. The molecule has 3 heterocycles. The Morgan fingerprint density at radius 3 is 2.38 bits per heavy atom. The third-order valence-corrected chi connectivity index (χ3v) is 8.27. The van der Waals surface area contributed by atoms with Crippen LogP contribution in [-0.4, -0.2) is 80.8 Å². The summed E-state index contributed by atoms with van der Waals surface area (Å²) in [4.78, 5) is 17.9. The molecule has 6 nitrogen and oxygen atoms in total. The van der Waals surface area contributed by atoms with Crippen molar-refractivity contribution in [1.82, 2.24) is 15.1 Å². The van der Waals surface area contributed by atoms with Gasteiger partial charge in [-0.05, 0) is 87.2 Å². The summed E-state index contributed by atoms with van der Waals surface area (Å²) in [6, 6.07) is 9.20. The Balaban J connectivity index is 1.07. The number of morpholine rings is 1. The number of nitrogens with one attached hydrogen (secondary N) is 1. The van der Waals surface area contributed by atoms with Crippen molar-refractivity contribution in [1.29, 1.82) is 0 Å². The molecule has 0 bridgehead atoms. The highest BCUT2D eigenvalue weighted by molar-refractivity contribution is 5.81. The van der Waals surface area contributed by atoms with Gasteiger partial charge in [0, 0.05) is 38.1 Å². The molecule has 3 saturated heterocycles. The Labute approximate surface area is 204 Å². The van der Waals surface area contributed by atoms with E-state index < -0.39 is 0 Å². The van der Waals surface area contributed by atoms with E-state index >= 15 is 0 Å². The molecule has 1 aromatic rings. The molecule has 3 aliphatic heterocycles. The Bertz CT molecular complexity index is 820. The van der Waals surface area contributed by atoms with Crippen molar-refractivity contribution in [3.8, 4) is 5.75 Å². The Morgan fingerprint density at radius 1 is 0.971 bits per heavy atom. The number of carbonyl (C=O) groups is 1. The standard InChI is InChI=1S/C28H41N3O3/c32-28(31-15-11-26(12-16-31)30-17-19-33-20-18-30)25-3-1-23(2-4-25)24-5-7-27(8-6-24)34-21-22-9-13-29-14-10-22/h1,5-8,22,25-26,29H,2-4,9-21H2. The zero-order valence-electron chi connectivity index (χ0n) is 20.6. The molecular weight excluding hydrogens is 426 g/mol. The molecule has 34 heavy (non-hydrogen) atoms. The maximum atomic E-state index is 13.2. The molecule has 0 spiro atoms. The minimum atomic E-state index is 0.149. The van der Waals surface area contributed by atoms with Crippen LogP contribution in [0.4, 0.5) is 0 Å². The quantitative estimate of drug-likeness (QED) is 0.693. The number of hydrogen-bond acceptors (Lipinski definition) is 5. The van der Waals surface area contributed by atoms with Crippen LogP contribution in [0.2, 0.25) is 0 Å². The third-order valence-electron chi connectivity index (χ3n) is 8.27. The number of allylic oxidation sites excluding steroid dienone is 2. The minimum absolute atomic E-state index is 0.149. The number of carbonyl (C=O) groups excluding carboxylic acids is 1. The summed E-state index contributed by atoms with van der Waals surface area (Å²) in [6.07, 6.45) is 9.73. The van der Waals surface area contributed by atoms with Crippen LogP contribution in [0, 0.1) is 11.8 Å². The van der Waals surface area contributed by atoms with Gasteiger partial charge in [0.2, 0.25) is 5.91 Å². The predicted octanol–water partition coefficient (Wildman–Crippen LogP) is 3.57. The van der Waals surface area contributed by atoms with Gasteiger partial charge in [-0.2, -0.15) is 0 Å². The number of ether oxygens (including phenoxy) is 2. The molecule has 3 fully saturated rings. The lowest BCUT2D eigenvalue weighted by atomic mass is 9.85. The topological polar surface area (TPSA) is 54.0 Å². The molecule has 1 amide bonds. The van der Waals surface area contributed by atoms with E-state index in [4.69, 9.17) is 9.47 Å². The van der Waals surface area contributed by atoms with Gasteiger partial charge in [0.15, 0.2) is 0 Å². The van der Waals surface area contributed by atoms with Gasteiger partial charge >= 0.3 is 0 Å². The molecule has 4 aliphatic rings. The number of rotatable bonds is 6. The molecular formula is C28H41N3O3. The van der Waals surface area contributed by atoms with Crippen molar-refractivity contribution in [2.24, 2.45) is 11.8 Å². The number of nitrogens with zero attached hydrogens (tertiary/aromatic N) is 2. The van der Waals surface area contributed by atoms with Crippen LogP contribution >= 0.6 is 0 Å². The van der Waals surface area contributed by atoms with E-state index in [9.17, 15) is 4.79 Å². The van der Waals surface area contributed by atoms with E-state index in [1.807, 2.05) is 0 Å². The Morgan fingerprint density at radius 2 is 1.71 bits per heavy atom. The van der Waals surface area contributed by atoms with Gasteiger partial charge in [-0.3, -0.25) is 9.69 Å². The molecule has 0 saturated carbocycles. The normalized spacial score (nSPS) is 25.7. The van der Waals surface area contributed by atoms with Crippen molar-refractivity contribution < 1.29 is 14.3 Å². The molecule has 5 rings (SSSR count). The lowest BCUT2D eigenvalue weighted by Crippen LogP contribution is -2.51. The van der Waals surface area contributed by atoms with E-state index in [2.05, 4.69) is 45.5 Å². The zero-order valence-corrected chi connectivity index (χ0v) is 20.6. The van der Waals surface area contributed by atoms with Crippen LogP contribution in [0.25, 0.3) is 5.57 Å². The molecule has 0 radical (unpaired) electrons. The summed E-state index contributed by atoms with van der Waals surface area (Å²) in [7, 11) is 0. The number of benzene rings is 1. The first-order valence-corrected chi connectivity index (χ1v) is 13.5. The summed E-state index contributed by atoms with van der Waals surface area (Å²) >= 11 is 0. The Kier molecular flexibility index (Phi) is 8.20. The zero-order chi connectivity index (χ0) is 23.2. The van der Waals surface area contributed by atoms with Gasteiger partial charge in [0.1, 0.15) is 5.75 Å². The van der Waals surface area contributed by atoms with Gasteiger partial charge in [-0.1, -0.05) is 18.2 Å². The van der Waals surface area contributed by atoms with Crippen molar-refractivity contribution in [3.63, 3.8) is 0 Å². The van der Waals surface area contributed by atoms with Crippen LogP contribution in [-0.2, 0) is 9.53 Å². The number of piperidine rings is 2. The van der Waals surface area contributed by atoms with E-state index in [1.54, 1.807) is 0 Å². The predicted molar refractivity (Wildman–Crippen MR) is 135 cm³/mol. The fraction of sp³-hybridized carbons (Fsp3) is 0.679. The molecule has 1 aliphatic carbocycles. The van der Waals surface area contributed by atoms with Crippen LogP contribution < -0.4 is 10.1 Å². The van der Waals surface area contributed by atoms with Crippen LogP contribution in [0.5, 0.6) is 5.75 Å². The van der Waals surface area contributed by atoms with Crippen molar-refractivity contribution in [3.05, 3.63) is 35.9 Å². The highest BCUT2D eigenvalue weighted by Crippen LogP contribution is 2.33. The largest absolute Gasteiger partial charge is 0.493 e.